The van der Waals surface area contributed by atoms with Crippen LogP contribution < -0.4 is 16.0 Å². The SMILES string of the molecule is COc1ccc(C(SOC[C@H]2O[C@@H](n3cc(C)c(=O)[nH]c3=O)C[C@@H]2O[Si](C)(C)C(C)(C)C)(c2ccccc2)c2ccccc2)cc1. The smallest absolute Gasteiger partial charge is 0.330 e. The van der Waals surface area contributed by atoms with E-state index in [0.29, 0.717) is 12.0 Å². The van der Waals surface area contributed by atoms with E-state index >= 15 is 0 Å². The molecule has 8 nitrogen and oxygen atoms in total. The molecular weight excluding hydrogens is 617 g/mol. The average molecular weight is 661 g/mol. The topological polar surface area (TPSA) is 91.8 Å². The largest absolute Gasteiger partial charge is 0.497 e. The second-order valence-electron chi connectivity index (χ2n) is 13.3. The van der Waals surface area contributed by atoms with Crippen LogP contribution >= 0.6 is 12.0 Å². The van der Waals surface area contributed by atoms with E-state index in [-0.39, 0.29) is 17.7 Å². The Morgan fingerprint density at radius 1 is 0.913 bits per heavy atom. The predicted molar refractivity (Wildman–Crippen MR) is 186 cm³/mol. The van der Waals surface area contributed by atoms with Gasteiger partial charge in [-0.05, 0) is 53.9 Å². The number of methoxy groups -OCH3 is 1. The number of nitrogens with one attached hydrogen (secondary N) is 1. The molecule has 0 bridgehead atoms. The molecule has 0 radical (unpaired) electrons. The highest BCUT2D eigenvalue weighted by Gasteiger charge is 2.46. The zero-order valence-electron chi connectivity index (χ0n) is 27.6. The van der Waals surface area contributed by atoms with Crippen LogP contribution in [0, 0.1) is 6.92 Å². The van der Waals surface area contributed by atoms with E-state index in [0.717, 1.165) is 22.4 Å². The van der Waals surface area contributed by atoms with Crippen molar-refractivity contribution in [3.05, 3.63) is 134 Å². The molecule has 244 valence electrons. The van der Waals surface area contributed by atoms with Crippen molar-refractivity contribution in [2.45, 2.75) is 75.4 Å². The second kappa shape index (κ2) is 13.7. The van der Waals surface area contributed by atoms with Gasteiger partial charge in [-0.15, -0.1) is 0 Å². The molecule has 3 aromatic carbocycles. The van der Waals surface area contributed by atoms with Gasteiger partial charge in [-0.3, -0.25) is 14.3 Å². The molecule has 5 rings (SSSR count). The molecule has 1 fully saturated rings. The number of H-pyrrole nitrogens is 1. The summed E-state index contributed by atoms with van der Waals surface area (Å²) < 4.78 is 26.3. The fourth-order valence-corrected chi connectivity index (χ4v) is 7.94. The quantitative estimate of drug-likeness (QED) is 0.103. The van der Waals surface area contributed by atoms with Crippen LogP contribution in [-0.4, -0.2) is 43.8 Å². The van der Waals surface area contributed by atoms with Crippen molar-refractivity contribution in [1.29, 1.82) is 0 Å². The summed E-state index contributed by atoms with van der Waals surface area (Å²) in [5.41, 5.74) is 2.69. The van der Waals surface area contributed by atoms with Gasteiger partial charge in [-0.25, -0.2) is 4.79 Å². The molecule has 0 aliphatic carbocycles. The van der Waals surface area contributed by atoms with E-state index in [1.165, 1.54) is 16.6 Å². The molecule has 0 unspecified atom stereocenters. The van der Waals surface area contributed by atoms with Gasteiger partial charge in [-0.2, -0.15) is 0 Å². The summed E-state index contributed by atoms with van der Waals surface area (Å²) >= 11 is 1.38. The van der Waals surface area contributed by atoms with Crippen LogP contribution in [-0.2, 0) is 18.1 Å². The van der Waals surface area contributed by atoms with E-state index in [9.17, 15) is 9.59 Å². The summed E-state index contributed by atoms with van der Waals surface area (Å²) in [6.07, 6.45) is 0.649. The number of hydrogen-bond acceptors (Lipinski definition) is 7. The van der Waals surface area contributed by atoms with Crippen LogP contribution in [0.4, 0.5) is 0 Å². The number of aryl methyl sites for hydroxylation is 1. The first-order valence-corrected chi connectivity index (χ1v) is 19.2. The van der Waals surface area contributed by atoms with Gasteiger partial charge < -0.3 is 18.1 Å². The highest BCUT2D eigenvalue weighted by atomic mass is 32.2. The lowest BCUT2D eigenvalue weighted by Crippen LogP contribution is -2.46. The maximum absolute atomic E-state index is 12.8. The Hall–Kier alpha value is -3.41. The minimum absolute atomic E-state index is 0.0270. The predicted octanol–water partition coefficient (Wildman–Crippen LogP) is 7.19. The Morgan fingerprint density at radius 3 is 2.02 bits per heavy atom. The number of ether oxygens (including phenoxy) is 2. The Labute approximate surface area is 276 Å². The summed E-state index contributed by atoms with van der Waals surface area (Å²) in [5, 5.41) is -0.0270. The zero-order valence-corrected chi connectivity index (χ0v) is 29.4. The van der Waals surface area contributed by atoms with Crippen LogP contribution in [0.1, 0.15) is 55.7 Å². The molecule has 0 spiro atoms. The number of hydrogen-bond donors (Lipinski definition) is 1. The highest BCUT2D eigenvalue weighted by molar-refractivity contribution is 7.96. The van der Waals surface area contributed by atoms with E-state index < -0.39 is 36.6 Å². The molecule has 1 saturated heterocycles. The van der Waals surface area contributed by atoms with Crippen molar-refractivity contribution in [1.82, 2.24) is 9.55 Å². The van der Waals surface area contributed by atoms with Crippen LogP contribution in [0.3, 0.4) is 0 Å². The molecule has 10 heteroatoms. The Morgan fingerprint density at radius 2 is 1.48 bits per heavy atom. The van der Waals surface area contributed by atoms with E-state index in [1.807, 2.05) is 48.5 Å². The van der Waals surface area contributed by atoms with Crippen LogP contribution in [0.5, 0.6) is 5.75 Å². The minimum atomic E-state index is -2.22. The first-order chi connectivity index (χ1) is 21.9. The first-order valence-electron chi connectivity index (χ1n) is 15.6. The number of rotatable bonds is 11. The average Bonchev–Trinajstić information content (AvgIpc) is 3.42. The van der Waals surface area contributed by atoms with Gasteiger partial charge >= 0.3 is 5.69 Å². The van der Waals surface area contributed by atoms with Gasteiger partial charge in [0.1, 0.15) is 22.8 Å². The fraction of sp³-hybridized carbons (Fsp3) is 0.389. The molecule has 3 atom stereocenters. The third-order valence-electron chi connectivity index (χ3n) is 9.16. The molecule has 1 N–H and O–H groups in total. The normalized spacial score (nSPS) is 18.9. The number of benzene rings is 3. The Kier molecular flexibility index (Phi) is 10.1. The van der Waals surface area contributed by atoms with E-state index in [2.05, 4.69) is 75.2 Å². The van der Waals surface area contributed by atoms with Crippen LogP contribution in [0.15, 0.2) is 101 Å². The molecular formula is C36H44N2O6SSi. The Balaban J connectivity index is 1.50. The molecule has 4 aromatic rings. The summed E-state index contributed by atoms with van der Waals surface area (Å²) in [5.74, 6) is 0.772. The Bertz CT molecular complexity index is 1680. The lowest BCUT2D eigenvalue weighted by Gasteiger charge is -2.39. The van der Waals surface area contributed by atoms with Gasteiger partial charge in [0.25, 0.3) is 5.56 Å². The van der Waals surface area contributed by atoms with Crippen molar-refractivity contribution in [2.24, 2.45) is 0 Å². The van der Waals surface area contributed by atoms with Crippen molar-refractivity contribution < 1.29 is 18.1 Å². The fourth-order valence-electron chi connectivity index (χ4n) is 5.51. The van der Waals surface area contributed by atoms with Crippen molar-refractivity contribution in [2.75, 3.05) is 13.7 Å². The van der Waals surface area contributed by atoms with Gasteiger partial charge in [0.05, 0.1) is 19.8 Å². The van der Waals surface area contributed by atoms with Gasteiger partial charge in [0.2, 0.25) is 0 Å². The second-order valence-corrected chi connectivity index (χ2v) is 19.0. The summed E-state index contributed by atoms with van der Waals surface area (Å²) in [6.45, 7) is 12.9. The lowest BCUT2D eigenvalue weighted by molar-refractivity contribution is -0.0362. The maximum atomic E-state index is 12.8. The summed E-state index contributed by atoms with van der Waals surface area (Å²) in [4.78, 5) is 27.4. The monoisotopic (exact) mass is 660 g/mol. The van der Waals surface area contributed by atoms with E-state index in [4.69, 9.17) is 18.1 Å². The number of aromatic amines is 1. The number of nitrogens with zero attached hydrogens (tertiary/aromatic N) is 1. The molecule has 46 heavy (non-hydrogen) atoms. The molecule has 0 saturated carbocycles. The van der Waals surface area contributed by atoms with Crippen molar-refractivity contribution in [3.8, 4) is 5.75 Å². The van der Waals surface area contributed by atoms with E-state index in [1.54, 1.807) is 20.2 Å². The van der Waals surface area contributed by atoms with Crippen molar-refractivity contribution in [3.63, 3.8) is 0 Å². The standard InChI is InChI=1S/C36H44N2O6SSi/c1-25-23-38(34(40)37-33(25)39)32-22-30(44-46(6,7)35(2,3)4)31(43-32)24-42-45-36(26-14-10-8-11-15-26,27-16-12-9-13-17-27)28-18-20-29(41-5)21-19-28/h8-21,23,30-32H,22,24H2,1-7H3,(H,37,39,40)/t30-,31+,32+/m0/s1. The molecule has 2 heterocycles. The highest BCUT2D eigenvalue weighted by Crippen LogP contribution is 2.50. The van der Waals surface area contributed by atoms with Crippen LogP contribution in [0.2, 0.25) is 18.1 Å². The summed E-state index contributed by atoms with van der Waals surface area (Å²) in [7, 11) is -0.557. The molecule has 1 aliphatic heterocycles. The van der Waals surface area contributed by atoms with Crippen LogP contribution in [0.25, 0.3) is 0 Å². The number of aromatic nitrogens is 2. The lowest BCUT2D eigenvalue weighted by atomic mass is 9.84. The third kappa shape index (κ3) is 6.96. The molecule has 0 amide bonds. The molecule has 1 aromatic heterocycles. The van der Waals surface area contributed by atoms with Gasteiger partial charge in [-0.1, -0.05) is 93.6 Å². The summed E-state index contributed by atoms with van der Waals surface area (Å²) in [6, 6.07) is 28.7. The third-order valence-corrected chi connectivity index (χ3v) is 14.9. The van der Waals surface area contributed by atoms with Gasteiger partial charge in [0.15, 0.2) is 8.32 Å². The minimum Gasteiger partial charge on any atom is -0.497 e. The van der Waals surface area contributed by atoms with Crippen molar-refractivity contribution >= 4 is 20.4 Å². The molecule has 1 aliphatic rings. The van der Waals surface area contributed by atoms with Gasteiger partial charge in [0, 0.05) is 30.2 Å². The zero-order chi connectivity index (χ0) is 33.1. The first kappa shape index (κ1) is 33.9. The maximum Gasteiger partial charge on any atom is 0.330 e.